The number of benzene rings is 1. The van der Waals surface area contributed by atoms with Crippen LogP contribution in [0.1, 0.15) is 27.2 Å². The average molecular weight is 315 g/mol. The first-order valence-electron chi connectivity index (χ1n) is 6.87. The second kappa shape index (κ2) is 7.00. The first-order chi connectivity index (χ1) is 9.61. The Bertz CT molecular complexity index is 571. The highest BCUT2D eigenvalue weighted by Gasteiger charge is 2.21. The predicted molar refractivity (Wildman–Crippen MR) is 87.2 cm³/mol. The summed E-state index contributed by atoms with van der Waals surface area (Å²) < 4.78 is 30.7. The van der Waals surface area contributed by atoms with Crippen LogP contribution in [-0.4, -0.2) is 33.4 Å². The molecule has 0 aliphatic heterocycles. The van der Waals surface area contributed by atoms with Crippen molar-refractivity contribution in [2.24, 2.45) is 0 Å². The molecule has 0 atom stereocenters. The Balaban J connectivity index is 2.72. The van der Waals surface area contributed by atoms with Crippen LogP contribution < -0.4 is 20.5 Å². The van der Waals surface area contributed by atoms with Gasteiger partial charge >= 0.3 is 0 Å². The van der Waals surface area contributed by atoms with Crippen molar-refractivity contribution in [2.75, 3.05) is 30.5 Å². The van der Waals surface area contributed by atoms with Crippen LogP contribution in [0.5, 0.6) is 5.75 Å². The van der Waals surface area contributed by atoms with Crippen molar-refractivity contribution >= 4 is 21.4 Å². The maximum absolute atomic E-state index is 11.3. The van der Waals surface area contributed by atoms with Crippen molar-refractivity contribution in [1.29, 1.82) is 0 Å². The molecule has 0 radical (unpaired) electrons. The molecule has 0 saturated carbocycles. The molecular formula is C14H25N3O3S. The summed E-state index contributed by atoms with van der Waals surface area (Å²) in [6, 6.07) is 5.40. The average Bonchev–Trinajstić information content (AvgIpc) is 2.30. The van der Waals surface area contributed by atoms with E-state index in [0.717, 1.165) is 18.4 Å². The van der Waals surface area contributed by atoms with Crippen LogP contribution >= 0.6 is 0 Å². The fourth-order valence-electron chi connectivity index (χ4n) is 1.89. The summed E-state index contributed by atoms with van der Waals surface area (Å²) in [5.74, 6) is 0.702. The van der Waals surface area contributed by atoms with E-state index < -0.39 is 15.6 Å². The zero-order chi connectivity index (χ0) is 16.1. The van der Waals surface area contributed by atoms with Crippen LogP contribution in [0.15, 0.2) is 18.2 Å². The minimum atomic E-state index is -3.25. The van der Waals surface area contributed by atoms with Gasteiger partial charge in [-0.05, 0) is 26.3 Å². The van der Waals surface area contributed by atoms with Gasteiger partial charge in [0.2, 0.25) is 10.0 Å². The van der Waals surface area contributed by atoms with E-state index in [1.54, 1.807) is 12.1 Å². The molecule has 21 heavy (non-hydrogen) atoms. The molecule has 0 heterocycles. The molecule has 4 N–H and O–H groups in total. The lowest BCUT2D eigenvalue weighted by Crippen LogP contribution is -2.47. The Labute approximate surface area is 127 Å². The van der Waals surface area contributed by atoms with E-state index in [1.165, 1.54) is 0 Å². The quantitative estimate of drug-likeness (QED) is 0.636. The molecule has 6 nitrogen and oxygen atoms in total. The third-order valence-electron chi connectivity index (χ3n) is 2.60. The molecule has 1 rings (SSSR count). The van der Waals surface area contributed by atoms with E-state index in [4.69, 9.17) is 10.5 Å². The van der Waals surface area contributed by atoms with Gasteiger partial charge < -0.3 is 15.8 Å². The van der Waals surface area contributed by atoms with E-state index >= 15 is 0 Å². The molecule has 0 amide bonds. The zero-order valence-corrected chi connectivity index (χ0v) is 13.9. The summed E-state index contributed by atoms with van der Waals surface area (Å²) in [6.45, 7) is 6.70. The fraction of sp³-hybridized carbons (Fsp3) is 0.571. The van der Waals surface area contributed by atoms with Gasteiger partial charge in [-0.25, -0.2) is 13.1 Å². The number of ether oxygens (including phenoxy) is 1. The molecule has 0 bridgehead atoms. The van der Waals surface area contributed by atoms with Gasteiger partial charge in [0.05, 0.1) is 12.9 Å². The van der Waals surface area contributed by atoms with Gasteiger partial charge in [-0.3, -0.25) is 0 Å². The van der Waals surface area contributed by atoms with Gasteiger partial charge in [-0.15, -0.1) is 0 Å². The maximum atomic E-state index is 11.3. The van der Waals surface area contributed by atoms with E-state index in [1.807, 2.05) is 26.8 Å². The highest BCUT2D eigenvalue weighted by atomic mass is 32.2. The number of hydrogen-bond donors (Lipinski definition) is 3. The third kappa shape index (κ3) is 7.19. The molecule has 0 aromatic heterocycles. The number of rotatable bonds is 8. The smallest absolute Gasteiger partial charge is 0.209 e. The predicted octanol–water partition coefficient (Wildman–Crippen LogP) is 1.80. The number of nitrogen functional groups attached to an aromatic ring is 1. The third-order valence-corrected chi connectivity index (χ3v) is 3.52. The molecule has 0 aliphatic carbocycles. The summed E-state index contributed by atoms with van der Waals surface area (Å²) in [4.78, 5) is 0. The van der Waals surface area contributed by atoms with Gasteiger partial charge in [-0.1, -0.05) is 6.92 Å². The highest BCUT2D eigenvalue weighted by molar-refractivity contribution is 7.88. The van der Waals surface area contributed by atoms with Crippen molar-refractivity contribution in [2.45, 2.75) is 32.7 Å². The summed E-state index contributed by atoms with van der Waals surface area (Å²) in [7, 11) is -3.25. The Hall–Kier alpha value is -1.47. The van der Waals surface area contributed by atoms with Crippen LogP contribution in [0.25, 0.3) is 0 Å². The summed E-state index contributed by atoms with van der Waals surface area (Å²) in [5, 5.41) is 3.18. The lowest BCUT2D eigenvalue weighted by atomic mass is 10.1. The van der Waals surface area contributed by atoms with Crippen LogP contribution in [0, 0.1) is 0 Å². The topological polar surface area (TPSA) is 93.4 Å². The van der Waals surface area contributed by atoms with Crippen molar-refractivity contribution in [3.63, 3.8) is 0 Å². The SMILES string of the molecule is CCCOc1cc(N)cc(NCC(C)(C)NS(C)(=O)=O)c1. The molecular weight excluding hydrogens is 290 g/mol. The number of sulfonamides is 1. The van der Waals surface area contributed by atoms with Crippen LogP contribution in [0.2, 0.25) is 0 Å². The molecule has 0 aliphatic rings. The molecule has 0 spiro atoms. The van der Waals surface area contributed by atoms with Gasteiger partial charge in [0.1, 0.15) is 5.75 Å². The molecule has 120 valence electrons. The highest BCUT2D eigenvalue weighted by Crippen LogP contribution is 2.23. The van der Waals surface area contributed by atoms with Gasteiger partial charge in [0.25, 0.3) is 0 Å². The first kappa shape index (κ1) is 17.6. The molecule has 1 aromatic rings. The number of hydrogen-bond acceptors (Lipinski definition) is 5. The van der Waals surface area contributed by atoms with Crippen LogP contribution in [-0.2, 0) is 10.0 Å². The van der Waals surface area contributed by atoms with Gasteiger partial charge in [0, 0.05) is 35.6 Å². The fourth-order valence-corrected chi connectivity index (χ4v) is 2.96. The number of anilines is 2. The van der Waals surface area contributed by atoms with Crippen LogP contribution in [0.3, 0.4) is 0 Å². The second-order valence-corrected chi connectivity index (χ2v) is 7.50. The Kier molecular flexibility index (Phi) is 5.86. The van der Waals surface area contributed by atoms with Gasteiger partial charge in [-0.2, -0.15) is 0 Å². The maximum Gasteiger partial charge on any atom is 0.209 e. The Morgan fingerprint density at radius 3 is 2.52 bits per heavy atom. The number of nitrogens with one attached hydrogen (secondary N) is 2. The minimum absolute atomic E-state index is 0.427. The van der Waals surface area contributed by atoms with Crippen molar-refractivity contribution in [3.8, 4) is 5.75 Å². The van der Waals surface area contributed by atoms with Crippen molar-refractivity contribution in [3.05, 3.63) is 18.2 Å². The monoisotopic (exact) mass is 315 g/mol. The summed E-state index contributed by atoms with van der Waals surface area (Å²) in [6.07, 6.45) is 2.06. The Morgan fingerprint density at radius 2 is 1.95 bits per heavy atom. The zero-order valence-electron chi connectivity index (χ0n) is 13.1. The molecule has 0 fully saturated rings. The normalized spacial score (nSPS) is 12.2. The lowest BCUT2D eigenvalue weighted by molar-refractivity contribution is 0.317. The van der Waals surface area contributed by atoms with Crippen molar-refractivity contribution < 1.29 is 13.2 Å². The van der Waals surface area contributed by atoms with E-state index in [-0.39, 0.29) is 0 Å². The van der Waals surface area contributed by atoms with E-state index in [0.29, 0.717) is 24.6 Å². The lowest BCUT2D eigenvalue weighted by Gasteiger charge is -2.26. The van der Waals surface area contributed by atoms with Crippen LogP contribution in [0.4, 0.5) is 11.4 Å². The Morgan fingerprint density at radius 1 is 1.29 bits per heavy atom. The summed E-state index contributed by atoms with van der Waals surface area (Å²) in [5.41, 5.74) is 6.63. The second-order valence-electron chi connectivity index (χ2n) is 5.75. The van der Waals surface area contributed by atoms with E-state index in [9.17, 15) is 8.42 Å². The minimum Gasteiger partial charge on any atom is -0.493 e. The van der Waals surface area contributed by atoms with Crippen molar-refractivity contribution in [1.82, 2.24) is 4.72 Å². The standard InChI is InChI=1S/C14H25N3O3S/c1-5-6-20-13-8-11(15)7-12(9-13)16-10-14(2,3)17-21(4,18)19/h7-9,16-17H,5-6,10,15H2,1-4H3. The number of nitrogens with two attached hydrogens (primary N) is 1. The molecule has 7 heteroatoms. The molecule has 0 unspecified atom stereocenters. The largest absolute Gasteiger partial charge is 0.493 e. The first-order valence-corrected chi connectivity index (χ1v) is 8.76. The summed E-state index contributed by atoms with van der Waals surface area (Å²) >= 11 is 0. The molecule has 1 aromatic carbocycles. The van der Waals surface area contributed by atoms with E-state index in [2.05, 4.69) is 10.0 Å². The van der Waals surface area contributed by atoms with Gasteiger partial charge in [0.15, 0.2) is 0 Å². The molecule has 0 saturated heterocycles.